The minimum atomic E-state index is -0.175. The van der Waals surface area contributed by atoms with Crippen LogP contribution in [0.15, 0.2) is 24.3 Å². The maximum atomic E-state index is 2.49. The van der Waals surface area contributed by atoms with Crippen LogP contribution in [0.5, 0.6) is 0 Å². The monoisotopic (exact) mass is 292 g/mol. The van der Waals surface area contributed by atoms with Crippen LogP contribution in [-0.4, -0.2) is 10.3 Å². The highest BCUT2D eigenvalue weighted by Crippen LogP contribution is 2.62. The SMILES string of the molecule is CCCC(C)(C)P(c1ccccc1C)C(C)(C)CCC. The Morgan fingerprint density at radius 2 is 1.30 bits per heavy atom. The molecular weight excluding hydrogens is 259 g/mol. The molecule has 1 rings (SSSR count). The Morgan fingerprint density at radius 1 is 0.850 bits per heavy atom. The summed E-state index contributed by atoms with van der Waals surface area (Å²) in [4.78, 5) is 0. The van der Waals surface area contributed by atoms with Crippen LogP contribution >= 0.6 is 7.92 Å². The van der Waals surface area contributed by atoms with Gasteiger partial charge in [-0.05, 0) is 40.9 Å². The first kappa shape index (κ1) is 17.7. The smallest absolute Gasteiger partial charge is 0.0106 e. The first-order chi connectivity index (χ1) is 9.26. The quantitative estimate of drug-likeness (QED) is 0.520. The number of hydrogen-bond acceptors (Lipinski definition) is 0. The molecule has 0 aliphatic rings. The Labute approximate surface area is 128 Å². The van der Waals surface area contributed by atoms with Gasteiger partial charge < -0.3 is 0 Å². The molecule has 0 nitrogen and oxygen atoms in total. The molecule has 0 spiro atoms. The number of benzene rings is 1. The summed E-state index contributed by atoms with van der Waals surface area (Å²) in [5, 5.41) is 2.45. The normalized spacial score (nSPS) is 13.0. The van der Waals surface area contributed by atoms with Crippen molar-refractivity contribution in [3.8, 4) is 0 Å². The highest BCUT2D eigenvalue weighted by atomic mass is 31.1. The minimum absolute atomic E-state index is 0.175. The summed E-state index contributed by atoms with van der Waals surface area (Å²) in [5.74, 6) is 0. The van der Waals surface area contributed by atoms with Gasteiger partial charge in [0.1, 0.15) is 0 Å². The Hall–Kier alpha value is -0.350. The second-order valence-corrected chi connectivity index (χ2v) is 10.8. The van der Waals surface area contributed by atoms with Gasteiger partial charge in [0.25, 0.3) is 0 Å². The summed E-state index contributed by atoms with van der Waals surface area (Å²) in [6.07, 6.45) is 5.19. The van der Waals surface area contributed by atoms with Gasteiger partial charge in [0.05, 0.1) is 0 Å². The van der Waals surface area contributed by atoms with Crippen molar-refractivity contribution in [1.29, 1.82) is 0 Å². The van der Waals surface area contributed by atoms with E-state index in [0.29, 0.717) is 10.3 Å². The molecule has 0 aliphatic carbocycles. The lowest BCUT2D eigenvalue weighted by Gasteiger charge is -2.46. The molecule has 0 saturated carbocycles. The molecule has 0 atom stereocenters. The fourth-order valence-corrected chi connectivity index (χ4v) is 8.23. The van der Waals surface area contributed by atoms with Crippen molar-refractivity contribution < 1.29 is 0 Å². The van der Waals surface area contributed by atoms with Crippen LogP contribution in [0.3, 0.4) is 0 Å². The van der Waals surface area contributed by atoms with Crippen LogP contribution in [0.1, 0.15) is 72.8 Å². The lowest BCUT2D eigenvalue weighted by molar-refractivity contribution is 0.563. The maximum absolute atomic E-state index is 2.49. The van der Waals surface area contributed by atoms with E-state index in [1.54, 1.807) is 5.30 Å². The molecule has 0 aliphatic heterocycles. The zero-order valence-corrected chi connectivity index (χ0v) is 15.5. The molecule has 0 saturated heterocycles. The van der Waals surface area contributed by atoms with Gasteiger partial charge in [-0.2, -0.15) is 0 Å². The van der Waals surface area contributed by atoms with Crippen LogP contribution in [0.4, 0.5) is 0 Å². The lowest BCUT2D eigenvalue weighted by Crippen LogP contribution is -2.36. The summed E-state index contributed by atoms with van der Waals surface area (Å²) >= 11 is 0. The standard InChI is InChI=1S/C19H33P/c1-8-14-18(4,5)20(19(6,7)15-9-2)17-13-11-10-12-16(17)3/h10-13H,8-9,14-15H2,1-7H3. The Morgan fingerprint density at radius 3 is 1.70 bits per heavy atom. The van der Waals surface area contributed by atoms with E-state index in [-0.39, 0.29) is 7.92 Å². The average molecular weight is 292 g/mol. The van der Waals surface area contributed by atoms with Gasteiger partial charge in [-0.15, -0.1) is 0 Å². The summed E-state index contributed by atoms with van der Waals surface area (Å²) in [7, 11) is -0.175. The fourth-order valence-electron chi connectivity index (χ4n) is 3.73. The molecule has 1 aromatic carbocycles. The lowest BCUT2D eigenvalue weighted by atomic mass is 10.1. The molecule has 0 unspecified atom stereocenters. The van der Waals surface area contributed by atoms with Crippen molar-refractivity contribution in [1.82, 2.24) is 0 Å². The van der Waals surface area contributed by atoms with Crippen molar-refractivity contribution in [2.75, 3.05) is 0 Å². The third-order valence-corrected chi connectivity index (χ3v) is 8.14. The Bertz CT molecular complexity index is 400. The molecule has 0 amide bonds. The topological polar surface area (TPSA) is 0 Å². The molecule has 1 aromatic rings. The van der Waals surface area contributed by atoms with Gasteiger partial charge in [0, 0.05) is 0 Å². The predicted molar refractivity (Wildman–Crippen MR) is 95.7 cm³/mol. The molecule has 0 N–H and O–H groups in total. The fraction of sp³-hybridized carbons (Fsp3) is 0.684. The summed E-state index contributed by atoms with van der Waals surface area (Å²) in [6, 6.07) is 9.07. The van der Waals surface area contributed by atoms with Crippen LogP contribution in [0.25, 0.3) is 0 Å². The van der Waals surface area contributed by atoms with Gasteiger partial charge in [0.15, 0.2) is 0 Å². The number of aryl methyl sites for hydroxylation is 1. The zero-order chi connectivity index (χ0) is 15.4. The summed E-state index contributed by atoms with van der Waals surface area (Å²) < 4.78 is 0. The highest BCUT2D eigenvalue weighted by Gasteiger charge is 2.40. The molecule has 0 bridgehead atoms. The molecule has 1 heteroatoms. The van der Waals surface area contributed by atoms with Crippen molar-refractivity contribution in [3.05, 3.63) is 29.8 Å². The largest absolute Gasteiger partial charge is 0.0653 e. The van der Waals surface area contributed by atoms with Crippen LogP contribution in [0, 0.1) is 6.92 Å². The van der Waals surface area contributed by atoms with E-state index in [9.17, 15) is 0 Å². The zero-order valence-electron chi connectivity index (χ0n) is 14.6. The maximum Gasteiger partial charge on any atom is -0.0106 e. The van der Waals surface area contributed by atoms with Crippen LogP contribution in [-0.2, 0) is 0 Å². The van der Waals surface area contributed by atoms with E-state index in [2.05, 4.69) is 72.7 Å². The third-order valence-electron chi connectivity index (χ3n) is 4.29. The third kappa shape index (κ3) is 4.08. The van der Waals surface area contributed by atoms with Gasteiger partial charge >= 0.3 is 0 Å². The van der Waals surface area contributed by atoms with Crippen molar-refractivity contribution >= 4 is 13.2 Å². The molecule has 0 aromatic heterocycles. The van der Waals surface area contributed by atoms with Crippen LogP contribution < -0.4 is 5.30 Å². The van der Waals surface area contributed by atoms with E-state index in [1.165, 1.54) is 31.2 Å². The molecule has 20 heavy (non-hydrogen) atoms. The number of hydrogen-bond donors (Lipinski definition) is 0. The van der Waals surface area contributed by atoms with Gasteiger partial charge in [-0.3, -0.25) is 0 Å². The van der Waals surface area contributed by atoms with E-state index >= 15 is 0 Å². The summed E-state index contributed by atoms with van der Waals surface area (Å²) in [6.45, 7) is 16.9. The summed E-state index contributed by atoms with van der Waals surface area (Å²) in [5.41, 5.74) is 1.48. The van der Waals surface area contributed by atoms with E-state index in [4.69, 9.17) is 0 Å². The van der Waals surface area contributed by atoms with Gasteiger partial charge in [0.2, 0.25) is 0 Å². The van der Waals surface area contributed by atoms with Crippen molar-refractivity contribution in [3.63, 3.8) is 0 Å². The average Bonchev–Trinajstić information content (AvgIpc) is 2.31. The Balaban J connectivity index is 3.32. The highest BCUT2D eigenvalue weighted by molar-refractivity contribution is 7.68. The first-order valence-corrected chi connectivity index (χ1v) is 9.46. The van der Waals surface area contributed by atoms with Gasteiger partial charge in [-0.1, -0.05) is 86.6 Å². The van der Waals surface area contributed by atoms with Crippen LogP contribution in [0.2, 0.25) is 0 Å². The van der Waals surface area contributed by atoms with Crippen molar-refractivity contribution in [2.24, 2.45) is 0 Å². The second kappa shape index (κ2) is 7.08. The molecule has 0 heterocycles. The molecule has 114 valence electrons. The predicted octanol–water partition coefficient (Wildman–Crippen LogP) is 6.26. The van der Waals surface area contributed by atoms with E-state index in [0.717, 1.165) is 0 Å². The second-order valence-electron chi connectivity index (χ2n) is 7.25. The number of rotatable bonds is 7. The first-order valence-electron chi connectivity index (χ1n) is 8.12. The van der Waals surface area contributed by atoms with Gasteiger partial charge in [-0.25, -0.2) is 0 Å². The Kier molecular flexibility index (Phi) is 6.26. The molecule has 0 radical (unpaired) electrons. The molecular formula is C19H33P. The molecule has 0 fully saturated rings. The van der Waals surface area contributed by atoms with E-state index in [1.807, 2.05) is 0 Å². The van der Waals surface area contributed by atoms with Crippen molar-refractivity contribution in [2.45, 2.75) is 84.5 Å². The van der Waals surface area contributed by atoms with E-state index < -0.39 is 0 Å². The minimum Gasteiger partial charge on any atom is -0.0653 e.